The molecule has 0 spiro atoms. The molecule has 0 saturated carbocycles. The normalized spacial score (nSPS) is 15.7. The van der Waals surface area contributed by atoms with Gasteiger partial charge in [0.05, 0.1) is 0 Å². The van der Waals surface area contributed by atoms with Crippen LogP contribution >= 0.6 is 0 Å². The molecule has 0 radical (unpaired) electrons. The molecule has 31 heavy (non-hydrogen) atoms. The highest BCUT2D eigenvalue weighted by Crippen LogP contribution is 2.64. The van der Waals surface area contributed by atoms with Crippen molar-refractivity contribution in [2.45, 2.75) is 47.8 Å². The molecule has 0 bridgehead atoms. The molecule has 0 saturated heterocycles. The van der Waals surface area contributed by atoms with Gasteiger partial charge in [-0.2, -0.15) is 79.0 Å². The fraction of sp³-hybridized carbons (Fsp3) is 0.727. The van der Waals surface area contributed by atoms with E-state index in [2.05, 4.69) is 0 Å². The van der Waals surface area contributed by atoms with Crippen molar-refractivity contribution in [2.24, 2.45) is 0 Å². The number of hydrogen-bond donors (Lipinski definition) is 0. The van der Waals surface area contributed by atoms with Gasteiger partial charge in [-0.05, 0) is 0 Å². The van der Waals surface area contributed by atoms with E-state index in [4.69, 9.17) is 0 Å². The van der Waals surface area contributed by atoms with Crippen molar-refractivity contribution < 1.29 is 88.6 Å². The Balaban J connectivity index is 6.69. The summed E-state index contributed by atoms with van der Waals surface area (Å²) in [6.45, 7) is 1.79. The molecule has 0 aromatic heterocycles. The number of rotatable bonds is 8. The monoisotopic (exact) mass is 508 g/mol. The highest BCUT2D eigenvalue weighted by atomic mass is 19.4. The van der Waals surface area contributed by atoms with Crippen LogP contribution in [-0.2, 0) is 9.53 Å². The maximum Gasteiger partial charge on any atom is 0.473 e. The van der Waals surface area contributed by atoms with Gasteiger partial charge in [-0.25, -0.2) is 4.79 Å². The lowest BCUT2D eigenvalue weighted by atomic mass is 9.90. The van der Waals surface area contributed by atoms with Gasteiger partial charge in [0.1, 0.15) is 0 Å². The van der Waals surface area contributed by atoms with Gasteiger partial charge in [-0.3, -0.25) is 0 Å². The first-order valence-electron chi connectivity index (χ1n) is 6.37. The molecular weight excluding hydrogens is 506 g/mol. The Kier molecular flexibility index (Phi) is 6.76. The molecule has 0 aliphatic rings. The minimum atomic E-state index is -8.82. The van der Waals surface area contributed by atoms with E-state index >= 15 is 0 Å². The van der Waals surface area contributed by atoms with Gasteiger partial charge in [-0.1, -0.05) is 6.58 Å². The standard InChI is InChI=1S/C11H2F18O2/c1-2(12)3(30)31-11(28,29)9(23,24)7(19,20)5(15,16)4(13,14)6(17,18)8(21,22)10(25,26)27/h1H2. The van der Waals surface area contributed by atoms with Crippen molar-refractivity contribution in [1.82, 2.24) is 0 Å². The van der Waals surface area contributed by atoms with Gasteiger partial charge in [-0.15, -0.1) is 0 Å². The van der Waals surface area contributed by atoms with Crippen molar-refractivity contribution in [3.63, 3.8) is 0 Å². The van der Waals surface area contributed by atoms with Crippen molar-refractivity contribution >= 4 is 5.97 Å². The molecule has 0 heterocycles. The third kappa shape index (κ3) is 3.85. The molecule has 184 valence electrons. The predicted octanol–water partition coefficient (Wildman–Crippen LogP) is 5.98. The maximum atomic E-state index is 13.2. The quantitative estimate of drug-likeness (QED) is 0.229. The summed E-state index contributed by atoms with van der Waals surface area (Å²) in [5.41, 5.74) is 0. The van der Waals surface area contributed by atoms with Crippen LogP contribution in [0.25, 0.3) is 0 Å². The minimum Gasteiger partial charge on any atom is -0.391 e. The average molecular weight is 508 g/mol. The van der Waals surface area contributed by atoms with E-state index in [0.29, 0.717) is 0 Å². The SMILES string of the molecule is C=C(F)C(=O)OC(F)(F)C(F)(F)C(F)(F)C(F)(F)C(F)(F)C(F)(F)C(F)(F)C(F)(F)F. The Hall–Kier alpha value is -2.05. The van der Waals surface area contributed by atoms with Crippen LogP contribution in [0.4, 0.5) is 79.0 Å². The van der Waals surface area contributed by atoms with E-state index < -0.39 is 59.6 Å². The Morgan fingerprint density at radius 2 is 0.774 bits per heavy atom. The number of carbonyl (C=O) groups is 1. The highest BCUT2D eigenvalue weighted by Gasteiger charge is 2.95. The van der Waals surface area contributed by atoms with E-state index in [1.54, 1.807) is 6.58 Å². The van der Waals surface area contributed by atoms with E-state index in [-0.39, 0.29) is 0 Å². The van der Waals surface area contributed by atoms with Crippen LogP contribution in [0.3, 0.4) is 0 Å². The summed E-state index contributed by atoms with van der Waals surface area (Å²) >= 11 is 0. The molecule has 0 aromatic carbocycles. The lowest BCUT2D eigenvalue weighted by molar-refractivity contribution is -0.473. The lowest BCUT2D eigenvalue weighted by Gasteiger charge is -2.42. The Morgan fingerprint density at radius 1 is 0.516 bits per heavy atom. The minimum absolute atomic E-state index is 1.79. The van der Waals surface area contributed by atoms with Crippen molar-refractivity contribution in [2.75, 3.05) is 0 Å². The van der Waals surface area contributed by atoms with Gasteiger partial charge in [0.25, 0.3) is 0 Å². The average Bonchev–Trinajstić information content (AvgIpc) is 2.51. The van der Waals surface area contributed by atoms with E-state index in [0.717, 1.165) is 0 Å². The fourth-order valence-corrected chi connectivity index (χ4v) is 1.39. The zero-order chi connectivity index (χ0) is 25.9. The van der Waals surface area contributed by atoms with E-state index in [1.807, 2.05) is 4.74 Å². The summed E-state index contributed by atoms with van der Waals surface area (Å²) in [6, 6.07) is 0. The number of ether oxygens (including phenoxy) is 1. The molecule has 0 N–H and O–H groups in total. The molecule has 0 unspecified atom stereocenters. The Labute approximate surface area is 156 Å². The van der Waals surface area contributed by atoms with Crippen molar-refractivity contribution in [1.29, 1.82) is 0 Å². The van der Waals surface area contributed by atoms with Gasteiger partial charge < -0.3 is 4.74 Å². The molecule has 2 nitrogen and oxygen atoms in total. The topological polar surface area (TPSA) is 26.3 Å². The number of alkyl halides is 17. The first kappa shape index (κ1) is 28.9. The first-order valence-corrected chi connectivity index (χ1v) is 6.37. The molecule has 0 atom stereocenters. The zero-order valence-corrected chi connectivity index (χ0v) is 13.3. The number of halogens is 18. The number of hydrogen-bond acceptors (Lipinski definition) is 2. The fourth-order valence-electron chi connectivity index (χ4n) is 1.39. The third-order valence-electron chi connectivity index (χ3n) is 3.14. The molecular formula is C11H2F18O2. The smallest absolute Gasteiger partial charge is 0.391 e. The molecule has 0 aliphatic carbocycles. The van der Waals surface area contributed by atoms with Crippen molar-refractivity contribution in [3.05, 3.63) is 12.4 Å². The van der Waals surface area contributed by atoms with Gasteiger partial charge in [0, 0.05) is 0 Å². The summed E-state index contributed by atoms with van der Waals surface area (Å²) in [4.78, 5) is 10.3. The maximum absolute atomic E-state index is 13.2. The molecule has 0 aromatic rings. The summed E-state index contributed by atoms with van der Waals surface area (Å²) in [5.74, 6) is -57.6. The van der Waals surface area contributed by atoms with Gasteiger partial charge in [0.15, 0.2) is 0 Å². The molecule has 0 rings (SSSR count). The van der Waals surface area contributed by atoms with Crippen LogP contribution in [0.1, 0.15) is 0 Å². The van der Waals surface area contributed by atoms with Crippen LogP contribution in [-0.4, -0.2) is 53.8 Å². The molecule has 20 heteroatoms. The van der Waals surface area contributed by atoms with Crippen molar-refractivity contribution in [3.8, 4) is 0 Å². The Bertz CT molecular complexity index is 717. The summed E-state index contributed by atoms with van der Waals surface area (Å²) in [7, 11) is 0. The van der Waals surface area contributed by atoms with Crippen LogP contribution in [0, 0.1) is 0 Å². The van der Waals surface area contributed by atoms with Crippen LogP contribution in [0.2, 0.25) is 0 Å². The highest BCUT2D eigenvalue weighted by molar-refractivity contribution is 5.85. The van der Waals surface area contributed by atoms with E-state index in [9.17, 15) is 83.8 Å². The first-order chi connectivity index (χ1) is 13.1. The molecule has 0 fully saturated rings. The van der Waals surface area contributed by atoms with Gasteiger partial charge >= 0.3 is 53.8 Å². The lowest BCUT2D eigenvalue weighted by Crippen LogP contribution is -2.74. The number of carbonyl (C=O) groups excluding carboxylic acids is 1. The van der Waals surface area contributed by atoms with Crippen LogP contribution < -0.4 is 0 Å². The molecule has 0 amide bonds. The summed E-state index contributed by atoms with van der Waals surface area (Å²) < 4.78 is 232. The van der Waals surface area contributed by atoms with Gasteiger partial charge in [0.2, 0.25) is 5.83 Å². The summed E-state index contributed by atoms with van der Waals surface area (Å²) in [6.07, 6.45) is -15.3. The zero-order valence-electron chi connectivity index (χ0n) is 13.3. The number of esters is 1. The second-order valence-electron chi connectivity index (χ2n) is 5.26. The molecule has 0 aliphatic heterocycles. The third-order valence-corrected chi connectivity index (χ3v) is 3.14. The Morgan fingerprint density at radius 3 is 1.03 bits per heavy atom. The predicted molar refractivity (Wildman–Crippen MR) is 57.0 cm³/mol. The largest absolute Gasteiger partial charge is 0.473 e. The second kappa shape index (κ2) is 7.24. The second-order valence-corrected chi connectivity index (χ2v) is 5.26. The van der Waals surface area contributed by atoms with E-state index in [1.165, 1.54) is 0 Å². The van der Waals surface area contributed by atoms with Crippen LogP contribution in [0.5, 0.6) is 0 Å². The summed E-state index contributed by atoms with van der Waals surface area (Å²) in [5, 5.41) is 0. The van der Waals surface area contributed by atoms with Crippen LogP contribution in [0.15, 0.2) is 12.4 Å².